The van der Waals surface area contributed by atoms with Crippen molar-refractivity contribution in [1.29, 1.82) is 0 Å². The minimum Gasteiger partial charge on any atom is -0.296 e. The van der Waals surface area contributed by atoms with Gasteiger partial charge in [0, 0.05) is 17.6 Å². The molecule has 1 aromatic carbocycles. The number of halogens is 1. The minimum atomic E-state index is 0.0206. The van der Waals surface area contributed by atoms with Crippen LogP contribution >= 0.6 is 15.9 Å². The fraction of sp³-hybridized carbons (Fsp3) is 0.250. The monoisotopic (exact) mass is 293 g/mol. The Morgan fingerprint density at radius 3 is 2.65 bits per heavy atom. The molecule has 0 saturated heterocycles. The van der Waals surface area contributed by atoms with E-state index in [2.05, 4.69) is 25.9 Å². The predicted molar refractivity (Wildman–Crippen MR) is 69.3 cm³/mol. The molecule has 1 N–H and O–H groups in total. The molecule has 1 aliphatic rings. The Kier molecular flexibility index (Phi) is 2.45. The standard InChI is InChI=1S/C12H12BrN3O/c1-15-6-10-11(7-15)16(14-12(10)17)9-4-2-8(13)3-5-9/h2-5H,6-7H2,1H3,(H,14,17). The summed E-state index contributed by atoms with van der Waals surface area (Å²) in [4.78, 5) is 13.9. The smallest absolute Gasteiger partial charge is 0.269 e. The van der Waals surface area contributed by atoms with Gasteiger partial charge in [-0.05, 0) is 31.3 Å². The molecule has 2 heterocycles. The SMILES string of the molecule is CN1Cc2c(n(-c3ccc(Br)cc3)[nH]c2=O)C1. The average molecular weight is 294 g/mol. The number of H-pyrrole nitrogens is 1. The van der Waals surface area contributed by atoms with Crippen molar-refractivity contribution in [3.05, 3.63) is 50.3 Å². The first kappa shape index (κ1) is 10.8. The average Bonchev–Trinajstić information content (AvgIpc) is 2.80. The molecule has 0 radical (unpaired) electrons. The number of nitrogens with one attached hydrogen (secondary N) is 1. The van der Waals surface area contributed by atoms with Crippen molar-refractivity contribution in [1.82, 2.24) is 14.7 Å². The second kappa shape index (κ2) is 3.85. The summed E-state index contributed by atoms with van der Waals surface area (Å²) < 4.78 is 2.91. The quantitative estimate of drug-likeness (QED) is 0.872. The van der Waals surface area contributed by atoms with Crippen molar-refractivity contribution in [2.24, 2.45) is 0 Å². The molecule has 3 rings (SSSR count). The van der Waals surface area contributed by atoms with Gasteiger partial charge in [-0.25, -0.2) is 0 Å². The summed E-state index contributed by atoms with van der Waals surface area (Å²) in [6.07, 6.45) is 0. The van der Waals surface area contributed by atoms with Crippen LogP contribution in [0.3, 0.4) is 0 Å². The van der Waals surface area contributed by atoms with Gasteiger partial charge in [-0.2, -0.15) is 0 Å². The summed E-state index contributed by atoms with van der Waals surface area (Å²) >= 11 is 3.41. The van der Waals surface area contributed by atoms with Gasteiger partial charge >= 0.3 is 0 Å². The highest BCUT2D eigenvalue weighted by atomic mass is 79.9. The molecule has 0 fully saturated rings. The van der Waals surface area contributed by atoms with E-state index in [4.69, 9.17) is 0 Å². The second-order valence-corrected chi connectivity index (χ2v) is 5.27. The fourth-order valence-electron chi connectivity index (χ4n) is 2.22. The van der Waals surface area contributed by atoms with Gasteiger partial charge in [0.05, 0.1) is 16.9 Å². The molecule has 1 aliphatic heterocycles. The van der Waals surface area contributed by atoms with E-state index in [1.54, 1.807) is 0 Å². The number of nitrogens with zero attached hydrogens (tertiary/aromatic N) is 2. The van der Waals surface area contributed by atoms with Crippen LogP contribution < -0.4 is 5.56 Å². The van der Waals surface area contributed by atoms with Crippen LogP contribution in [0.1, 0.15) is 11.3 Å². The Hall–Kier alpha value is -1.33. The third kappa shape index (κ3) is 1.75. The van der Waals surface area contributed by atoms with Gasteiger partial charge in [0.1, 0.15) is 0 Å². The Morgan fingerprint density at radius 1 is 1.24 bits per heavy atom. The zero-order valence-electron chi connectivity index (χ0n) is 9.40. The number of rotatable bonds is 1. The molecule has 2 aromatic rings. The van der Waals surface area contributed by atoms with Crippen molar-refractivity contribution in [3.63, 3.8) is 0 Å². The lowest BCUT2D eigenvalue weighted by Gasteiger charge is -2.09. The molecule has 0 saturated carbocycles. The molecule has 0 atom stereocenters. The summed E-state index contributed by atoms with van der Waals surface area (Å²) in [7, 11) is 2.02. The van der Waals surface area contributed by atoms with Crippen molar-refractivity contribution >= 4 is 15.9 Å². The van der Waals surface area contributed by atoms with Crippen LogP contribution in [-0.4, -0.2) is 21.7 Å². The normalized spacial score (nSPS) is 15.2. The molecule has 4 nitrogen and oxygen atoms in total. The molecule has 0 spiro atoms. The maximum Gasteiger partial charge on any atom is 0.269 e. The second-order valence-electron chi connectivity index (χ2n) is 4.35. The minimum absolute atomic E-state index is 0.0206. The molecule has 0 amide bonds. The molecule has 1 aromatic heterocycles. The van der Waals surface area contributed by atoms with Crippen molar-refractivity contribution in [2.45, 2.75) is 13.1 Å². The van der Waals surface area contributed by atoms with Crippen LogP contribution in [0.25, 0.3) is 5.69 Å². The lowest BCUT2D eigenvalue weighted by atomic mass is 10.3. The van der Waals surface area contributed by atoms with Crippen LogP contribution in [0.5, 0.6) is 0 Å². The summed E-state index contributed by atoms with van der Waals surface area (Å²) in [6, 6.07) is 7.91. The molecular weight excluding hydrogens is 282 g/mol. The first-order valence-electron chi connectivity index (χ1n) is 5.42. The number of aromatic nitrogens is 2. The lowest BCUT2D eigenvalue weighted by molar-refractivity contribution is 0.345. The molecular formula is C12H12BrN3O. The molecule has 88 valence electrons. The number of hydrogen-bond donors (Lipinski definition) is 1. The van der Waals surface area contributed by atoms with E-state index in [1.807, 2.05) is 36.0 Å². The van der Waals surface area contributed by atoms with E-state index in [-0.39, 0.29) is 5.56 Å². The summed E-state index contributed by atoms with van der Waals surface area (Å²) in [5, 5.41) is 2.89. The molecule has 0 bridgehead atoms. The maximum absolute atomic E-state index is 11.8. The van der Waals surface area contributed by atoms with Crippen LogP contribution in [0.4, 0.5) is 0 Å². The molecule has 0 aliphatic carbocycles. The van der Waals surface area contributed by atoms with Crippen LogP contribution in [0.15, 0.2) is 33.5 Å². The first-order valence-corrected chi connectivity index (χ1v) is 6.22. The van der Waals surface area contributed by atoms with Gasteiger partial charge in [-0.3, -0.25) is 19.5 Å². The highest BCUT2D eigenvalue weighted by Crippen LogP contribution is 2.21. The molecule has 0 unspecified atom stereocenters. The predicted octanol–water partition coefficient (Wildman–Crippen LogP) is 1.87. The van der Waals surface area contributed by atoms with Crippen LogP contribution in [-0.2, 0) is 13.1 Å². The summed E-state index contributed by atoms with van der Waals surface area (Å²) in [6.45, 7) is 1.54. The highest BCUT2D eigenvalue weighted by Gasteiger charge is 2.24. The van der Waals surface area contributed by atoms with E-state index in [0.717, 1.165) is 34.5 Å². The van der Waals surface area contributed by atoms with Crippen molar-refractivity contribution < 1.29 is 0 Å². The summed E-state index contributed by atoms with van der Waals surface area (Å²) in [5.41, 5.74) is 2.96. The number of fused-ring (bicyclic) bond motifs is 1. The first-order chi connectivity index (χ1) is 8.15. The third-order valence-electron chi connectivity index (χ3n) is 3.04. The van der Waals surface area contributed by atoms with Gasteiger partial charge < -0.3 is 0 Å². The zero-order valence-corrected chi connectivity index (χ0v) is 11.0. The van der Waals surface area contributed by atoms with E-state index in [1.165, 1.54) is 0 Å². The zero-order chi connectivity index (χ0) is 12.0. The Bertz CT molecular complexity index is 612. The van der Waals surface area contributed by atoms with Crippen molar-refractivity contribution in [3.8, 4) is 5.69 Å². The third-order valence-corrected chi connectivity index (χ3v) is 3.57. The number of benzene rings is 1. The van der Waals surface area contributed by atoms with Gasteiger partial charge in [0.15, 0.2) is 0 Å². The van der Waals surface area contributed by atoms with Gasteiger partial charge in [-0.15, -0.1) is 0 Å². The Morgan fingerprint density at radius 2 is 1.94 bits per heavy atom. The summed E-state index contributed by atoms with van der Waals surface area (Å²) in [5.74, 6) is 0. The Labute approximate surface area is 107 Å². The largest absolute Gasteiger partial charge is 0.296 e. The van der Waals surface area contributed by atoms with Gasteiger partial charge in [-0.1, -0.05) is 15.9 Å². The lowest BCUT2D eigenvalue weighted by Crippen LogP contribution is -2.16. The van der Waals surface area contributed by atoms with Crippen LogP contribution in [0, 0.1) is 0 Å². The van der Waals surface area contributed by atoms with Crippen LogP contribution in [0.2, 0.25) is 0 Å². The van der Waals surface area contributed by atoms with E-state index >= 15 is 0 Å². The van der Waals surface area contributed by atoms with Crippen molar-refractivity contribution in [2.75, 3.05) is 7.05 Å². The van der Waals surface area contributed by atoms with Gasteiger partial charge in [0.25, 0.3) is 5.56 Å². The maximum atomic E-state index is 11.8. The number of aromatic amines is 1. The van der Waals surface area contributed by atoms with E-state index in [9.17, 15) is 4.79 Å². The molecule has 17 heavy (non-hydrogen) atoms. The van der Waals surface area contributed by atoms with E-state index in [0.29, 0.717) is 0 Å². The van der Waals surface area contributed by atoms with Gasteiger partial charge in [0.2, 0.25) is 0 Å². The Balaban J connectivity index is 2.14. The topological polar surface area (TPSA) is 41.0 Å². The highest BCUT2D eigenvalue weighted by molar-refractivity contribution is 9.10. The number of hydrogen-bond acceptors (Lipinski definition) is 2. The fourth-order valence-corrected chi connectivity index (χ4v) is 2.49. The molecule has 5 heteroatoms. The van der Waals surface area contributed by atoms with E-state index < -0.39 is 0 Å².